The van der Waals surface area contributed by atoms with Gasteiger partial charge in [-0.25, -0.2) is 0 Å². The van der Waals surface area contributed by atoms with Crippen LogP contribution in [0.3, 0.4) is 0 Å². The van der Waals surface area contributed by atoms with Crippen molar-refractivity contribution in [2.75, 3.05) is 7.05 Å². The van der Waals surface area contributed by atoms with Crippen LogP contribution in [0.15, 0.2) is 12.4 Å². The zero-order chi connectivity index (χ0) is 9.56. The molecule has 1 atom stereocenters. The van der Waals surface area contributed by atoms with Gasteiger partial charge in [-0.1, -0.05) is 33.3 Å². The molecular weight excluding hydrogens is 148 g/mol. The molecule has 0 bridgehead atoms. The Morgan fingerprint density at radius 1 is 1.33 bits per heavy atom. The van der Waals surface area contributed by atoms with Crippen molar-refractivity contribution in [1.82, 2.24) is 10.6 Å². The summed E-state index contributed by atoms with van der Waals surface area (Å²) >= 11 is 0. The highest BCUT2D eigenvalue weighted by atomic mass is 15.1. The minimum Gasteiger partial charge on any atom is -0.375 e. The topological polar surface area (TPSA) is 24.1 Å². The molecule has 0 unspecified atom stereocenters. The monoisotopic (exact) mass is 170 g/mol. The number of rotatable bonds is 6. The standard InChI is InChI=1S/C10H22N2/c1-6-10(7-2)8(3)12-9(4)11-5/h8,10-12H,4,6-7H2,1-3,5H3/t8-/m0/s1. The molecule has 0 radical (unpaired) electrons. The Bertz CT molecular complexity index is 128. The summed E-state index contributed by atoms with van der Waals surface area (Å²) in [6.07, 6.45) is 2.45. The molecule has 0 aliphatic rings. The maximum absolute atomic E-state index is 3.84. The van der Waals surface area contributed by atoms with E-state index < -0.39 is 0 Å². The van der Waals surface area contributed by atoms with Gasteiger partial charge in [0.15, 0.2) is 0 Å². The molecule has 0 aromatic rings. The first kappa shape index (κ1) is 11.3. The van der Waals surface area contributed by atoms with Gasteiger partial charge in [-0.15, -0.1) is 0 Å². The molecule has 2 heteroatoms. The van der Waals surface area contributed by atoms with E-state index in [2.05, 4.69) is 38.0 Å². The van der Waals surface area contributed by atoms with Gasteiger partial charge in [-0.2, -0.15) is 0 Å². The van der Waals surface area contributed by atoms with Crippen molar-refractivity contribution in [2.24, 2.45) is 5.92 Å². The summed E-state index contributed by atoms with van der Waals surface area (Å²) in [6, 6.07) is 0.514. The first-order valence-corrected chi connectivity index (χ1v) is 4.78. The molecule has 0 aromatic carbocycles. The van der Waals surface area contributed by atoms with Gasteiger partial charge in [0.2, 0.25) is 0 Å². The predicted molar refractivity (Wildman–Crippen MR) is 54.9 cm³/mol. The summed E-state index contributed by atoms with van der Waals surface area (Å²) in [5.41, 5.74) is 0. The minimum absolute atomic E-state index is 0.514. The molecule has 2 nitrogen and oxygen atoms in total. The van der Waals surface area contributed by atoms with Crippen LogP contribution in [-0.4, -0.2) is 13.1 Å². The molecule has 0 saturated heterocycles. The van der Waals surface area contributed by atoms with Gasteiger partial charge >= 0.3 is 0 Å². The molecule has 0 aromatic heterocycles. The number of nitrogens with one attached hydrogen (secondary N) is 2. The van der Waals surface area contributed by atoms with Gasteiger partial charge in [-0.3, -0.25) is 0 Å². The summed E-state index contributed by atoms with van der Waals surface area (Å²) in [5, 5.41) is 6.32. The Morgan fingerprint density at radius 3 is 2.17 bits per heavy atom. The molecule has 0 spiro atoms. The molecule has 0 saturated carbocycles. The first-order chi connectivity index (χ1) is 5.65. The number of hydrogen-bond donors (Lipinski definition) is 2. The Balaban J connectivity index is 3.83. The lowest BCUT2D eigenvalue weighted by Crippen LogP contribution is -2.35. The van der Waals surface area contributed by atoms with Crippen LogP contribution in [0.25, 0.3) is 0 Å². The van der Waals surface area contributed by atoms with E-state index in [0.29, 0.717) is 6.04 Å². The molecule has 12 heavy (non-hydrogen) atoms. The average Bonchev–Trinajstić information content (AvgIpc) is 2.06. The molecule has 0 aliphatic heterocycles. The van der Waals surface area contributed by atoms with Gasteiger partial charge in [0.05, 0.1) is 5.82 Å². The summed E-state index contributed by atoms with van der Waals surface area (Å²) in [4.78, 5) is 0. The number of hydrogen-bond acceptors (Lipinski definition) is 2. The van der Waals surface area contributed by atoms with Crippen LogP contribution in [0.2, 0.25) is 0 Å². The SMILES string of the molecule is C=C(NC)N[C@@H](C)C(CC)CC. The third kappa shape index (κ3) is 3.65. The second-order valence-corrected chi connectivity index (χ2v) is 3.24. The molecule has 0 fully saturated rings. The smallest absolute Gasteiger partial charge is 0.0911 e. The van der Waals surface area contributed by atoms with Crippen molar-refractivity contribution in [3.8, 4) is 0 Å². The van der Waals surface area contributed by atoms with Crippen LogP contribution in [-0.2, 0) is 0 Å². The normalized spacial score (nSPS) is 12.8. The Kier molecular flexibility index (Phi) is 5.60. The molecule has 2 N–H and O–H groups in total. The van der Waals surface area contributed by atoms with Gasteiger partial charge in [0, 0.05) is 13.1 Å². The molecule has 72 valence electrons. The molecule has 0 amide bonds. The lowest BCUT2D eigenvalue weighted by Gasteiger charge is -2.24. The van der Waals surface area contributed by atoms with Crippen molar-refractivity contribution >= 4 is 0 Å². The molecule has 0 heterocycles. The average molecular weight is 170 g/mol. The van der Waals surface area contributed by atoms with Crippen LogP contribution in [0, 0.1) is 5.92 Å². The van der Waals surface area contributed by atoms with Crippen LogP contribution in [0.4, 0.5) is 0 Å². The largest absolute Gasteiger partial charge is 0.375 e. The highest BCUT2D eigenvalue weighted by molar-refractivity contribution is 4.89. The lowest BCUT2D eigenvalue weighted by atomic mass is 9.96. The van der Waals surface area contributed by atoms with E-state index in [9.17, 15) is 0 Å². The van der Waals surface area contributed by atoms with Gasteiger partial charge < -0.3 is 10.6 Å². The van der Waals surface area contributed by atoms with Gasteiger partial charge in [-0.05, 0) is 12.8 Å². The van der Waals surface area contributed by atoms with Crippen LogP contribution < -0.4 is 10.6 Å². The van der Waals surface area contributed by atoms with E-state index in [4.69, 9.17) is 0 Å². The maximum Gasteiger partial charge on any atom is 0.0911 e. The van der Waals surface area contributed by atoms with Crippen LogP contribution in [0.1, 0.15) is 33.6 Å². The van der Waals surface area contributed by atoms with Crippen molar-refractivity contribution in [3.05, 3.63) is 12.4 Å². The quantitative estimate of drug-likeness (QED) is 0.638. The summed E-state index contributed by atoms with van der Waals surface area (Å²) < 4.78 is 0. The zero-order valence-corrected chi connectivity index (χ0v) is 8.78. The van der Waals surface area contributed by atoms with Crippen LogP contribution in [0.5, 0.6) is 0 Å². The second kappa shape index (κ2) is 5.92. The summed E-state index contributed by atoms with van der Waals surface area (Å²) in [5.74, 6) is 1.66. The second-order valence-electron chi connectivity index (χ2n) is 3.24. The fourth-order valence-electron chi connectivity index (χ4n) is 1.46. The van der Waals surface area contributed by atoms with E-state index >= 15 is 0 Å². The summed E-state index contributed by atoms with van der Waals surface area (Å²) in [7, 11) is 1.88. The molecule has 0 rings (SSSR count). The molecule has 0 aliphatic carbocycles. The predicted octanol–water partition coefficient (Wildman–Crippen LogP) is 2.09. The zero-order valence-electron chi connectivity index (χ0n) is 8.78. The highest BCUT2D eigenvalue weighted by Gasteiger charge is 2.12. The van der Waals surface area contributed by atoms with E-state index in [0.717, 1.165) is 11.7 Å². The summed E-state index contributed by atoms with van der Waals surface area (Å²) in [6.45, 7) is 10.5. The third-order valence-electron chi connectivity index (χ3n) is 2.46. The Hall–Kier alpha value is -0.660. The Labute approximate surface area is 76.4 Å². The van der Waals surface area contributed by atoms with Crippen LogP contribution >= 0.6 is 0 Å². The molecular formula is C10H22N2. The fraction of sp³-hybridized carbons (Fsp3) is 0.800. The van der Waals surface area contributed by atoms with E-state index in [1.807, 2.05) is 7.05 Å². The minimum atomic E-state index is 0.514. The van der Waals surface area contributed by atoms with Crippen molar-refractivity contribution < 1.29 is 0 Å². The van der Waals surface area contributed by atoms with Gasteiger partial charge in [0.25, 0.3) is 0 Å². The van der Waals surface area contributed by atoms with E-state index in [1.54, 1.807) is 0 Å². The van der Waals surface area contributed by atoms with Crippen molar-refractivity contribution in [1.29, 1.82) is 0 Å². The fourth-order valence-corrected chi connectivity index (χ4v) is 1.46. The van der Waals surface area contributed by atoms with Gasteiger partial charge in [0.1, 0.15) is 0 Å². The Morgan fingerprint density at radius 2 is 1.83 bits per heavy atom. The maximum atomic E-state index is 3.84. The lowest BCUT2D eigenvalue weighted by molar-refractivity contribution is 0.370. The van der Waals surface area contributed by atoms with Crippen molar-refractivity contribution in [2.45, 2.75) is 39.7 Å². The van der Waals surface area contributed by atoms with Crippen molar-refractivity contribution in [3.63, 3.8) is 0 Å². The first-order valence-electron chi connectivity index (χ1n) is 4.78. The highest BCUT2D eigenvalue weighted by Crippen LogP contribution is 2.12. The van der Waals surface area contributed by atoms with E-state index in [-0.39, 0.29) is 0 Å². The van der Waals surface area contributed by atoms with E-state index in [1.165, 1.54) is 12.8 Å². The third-order valence-corrected chi connectivity index (χ3v) is 2.46.